The molecule has 1 atom stereocenters. The molecule has 0 aromatic heterocycles. The van der Waals surface area contributed by atoms with Gasteiger partial charge in [-0.1, -0.05) is 11.8 Å². The van der Waals surface area contributed by atoms with E-state index in [4.69, 9.17) is 10.5 Å². The van der Waals surface area contributed by atoms with Crippen LogP contribution in [0, 0.1) is 11.8 Å². The lowest BCUT2D eigenvalue weighted by atomic mass is 9.81. The molecule has 1 unspecified atom stereocenters. The number of nitrogens with zero attached hydrogens (tertiary/aromatic N) is 1. The fraction of sp³-hybridized carbons (Fsp3) is 0.438. The molecule has 0 saturated heterocycles. The number of hydrogen-bond acceptors (Lipinski definition) is 4. The summed E-state index contributed by atoms with van der Waals surface area (Å²) in [5, 5.41) is 10.0. The van der Waals surface area contributed by atoms with Crippen molar-refractivity contribution in [2.75, 3.05) is 18.6 Å². The number of likely N-dealkylation sites (N-methyl/N-ethyl adjacent to an activating group) is 1. The topological polar surface area (TPSA) is 75.8 Å². The van der Waals surface area contributed by atoms with Gasteiger partial charge in [-0.25, -0.2) is 0 Å². The molecule has 1 amide bonds. The molecular formula is C16H18N2O3. The number of rotatable bonds is 0. The molecule has 5 nitrogen and oxygen atoms in total. The zero-order valence-corrected chi connectivity index (χ0v) is 11.9. The summed E-state index contributed by atoms with van der Waals surface area (Å²) in [6, 6.07) is 4.74. The van der Waals surface area contributed by atoms with Crippen LogP contribution in [0.5, 0.6) is 5.75 Å². The van der Waals surface area contributed by atoms with Crippen LogP contribution in [0.2, 0.25) is 0 Å². The number of nitrogens with two attached hydrogens (primary N) is 1. The predicted molar refractivity (Wildman–Crippen MR) is 79.0 cm³/mol. The van der Waals surface area contributed by atoms with Crippen LogP contribution >= 0.6 is 0 Å². The van der Waals surface area contributed by atoms with Crippen molar-refractivity contribution in [2.24, 2.45) is 5.73 Å². The van der Waals surface area contributed by atoms with Gasteiger partial charge in [0, 0.05) is 12.6 Å². The highest BCUT2D eigenvalue weighted by Gasteiger charge is 2.32. The normalized spacial score (nSPS) is 23.1. The molecule has 1 aromatic carbocycles. The van der Waals surface area contributed by atoms with Crippen molar-refractivity contribution < 1.29 is 14.6 Å². The van der Waals surface area contributed by atoms with Gasteiger partial charge in [0.25, 0.3) is 0 Å². The van der Waals surface area contributed by atoms with Crippen LogP contribution in [0.4, 0.5) is 5.69 Å². The number of aliphatic hydroxyl groups is 1. The maximum absolute atomic E-state index is 12.0. The molecule has 1 aliphatic heterocycles. The molecule has 1 saturated carbocycles. The molecule has 1 aromatic rings. The van der Waals surface area contributed by atoms with E-state index in [2.05, 4.69) is 11.8 Å². The van der Waals surface area contributed by atoms with E-state index in [1.165, 1.54) is 4.90 Å². The second-order valence-electron chi connectivity index (χ2n) is 5.63. The van der Waals surface area contributed by atoms with Crippen LogP contribution in [0.25, 0.3) is 0 Å². The summed E-state index contributed by atoms with van der Waals surface area (Å²) in [4.78, 5) is 13.5. The summed E-state index contributed by atoms with van der Waals surface area (Å²) >= 11 is 0. The van der Waals surface area contributed by atoms with Crippen LogP contribution in [-0.2, 0) is 4.79 Å². The molecule has 1 fully saturated rings. The van der Waals surface area contributed by atoms with Gasteiger partial charge in [0.15, 0.2) is 0 Å². The smallest absolute Gasteiger partial charge is 0.247 e. The van der Waals surface area contributed by atoms with Crippen LogP contribution in [-0.4, -0.2) is 36.3 Å². The summed E-state index contributed by atoms with van der Waals surface area (Å²) in [6.07, 6.45) is 2.46. The third kappa shape index (κ3) is 2.60. The minimum Gasteiger partial charge on any atom is -0.489 e. The Bertz CT molecular complexity index is 641. The highest BCUT2D eigenvalue weighted by Crippen LogP contribution is 2.32. The molecular weight excluding hydrogens is 268 g/mol. The Hall–Kier alpha value is -2.03. The second-order valence-corrected chi connectivity index (χ2v) is 5.63. The molecule has 0 radical (unpaired) electrons. The van der Waals surface area contributed by atoms with E-state index in [-0.39, 0.29) is 12.5 Å². The van der Waals surface area contributed by atoms with Crippen LogP contribution in [0.3, 0.4) is 0 Å². The number of benzene rings is 1. The number of anilines is 1. The highest BCUT2D eigenvalue weighted by molar-refractivity contribution is 5.98. The van der Waals surface area contributed by atoms with E-state index in [9.17, 15) is 9.90 Å². The first-order valence-electron chi connectivity index (χ1n) is 7.04. The average Bonchev–Trinajstić information content (AvgIpc) is 2.56. The third-order valence-corrected chi connectivity index (χ3v) is 4.01. The standard InChI is InChI=1S/C16H18N2O3/c1-18-13-9-11(5-8-16(20)6-2-7-16)3-4-14(13)21-10-12(17)15(18)19/h3-4,9,12,20H,2,6-7,10,17H2,1H3. The van der Waals surface area contributed by atoms with Crippen LogP contribution < -0.4 is 15.4 Å². The Kier molecular flexibility index (Phi) is 3.36. The Morgan fingerprint density at radius 1 is 1.48 bits per heavy atom. The largest absolute Gasteiger partial charge is 0.489 e. The predicted octanol–water partition coefficient (Wildman–Crippen LogP) is 0.636. The Labute approximate surface area is 123 Å². The minimum absolute atomic E-state index is 0.168. The molecule has 1 heterocycles. The number of amides is 1. The van der Waals surface area contributed by atoms with Crippen molar-refractivity contribution in [3.63, 3.8) is 0 Å². The van der Waals surface area contributed by atoms with Gasteiger partial charge in [-0.2, -0.15) is 0 Å². The minimum atomic E-state index is -0.840. The van der Waals surface area contributed by atoms with Gasteiger partial charge >= 0.3 is 0 Å². The van der Waals surface area contributed by atoms with E-state index in [0.29, 0.717) is 11.4 Å². The van der Waals surface area contributed by atoms with E-state index >= 15 is 0 Å². The molecule has 0 spiro atoms. The maximum atomic E-state index is 12.0. The lowest BCUT2D eigenvalue weighted by molar-refractivity contribution is -0.119. The monoisotopic (exact) mass is 286 g/mol. The molecule has 5 heteroatoms. The SMILES string of the molecule is CN1C(=O)C(N)COc2ccc(C#CC3(O)CCC3)cc21. The van der Waals surface area contributed by atoms with Gasteiger partial charge in [-0.05, 0) is 37.5 Å². The molecule has 3 N–H and O–H groups in total. The zero-order valence-electron chi connectivity index (χ0n) is 11.9. The quantitative estimate of drug-likeness (QED) is 0.686. The Morgan fingerprint density at radius 3 is 2.90 bits per heavy atom. The Balaban J connectivity index is 1.92. The third-order valence-electron chi connectivity index (χ3n) is 4.01. The number of carbonyl (C=O) groups is 1. The molecule has 1 aliphatic carbocycles. The second kappa shape index (κ2) is 5.06. The van der Waals surface area contributed by atoms with E-state index in [1.807, 2.05) is 6.07 Å². The van der Waals surface area contributed by atoms with Crippen molar-refractivity contribution in [2.45, 2.75) is 30.9 Å². The van der Waals surface area contributed by atoms with Gasteiger partial charge in [0.2, 0.25) is 5.91 Å². The zero-order chi connectivity index (χ0) is 15.0. The van der Waals surface area contributed by atoms with Crippen molar-refractivity contribution in [1.29, 1.82) is 0 Å². The van der Waals surface area contributed by atoms with E-state index < -0.39 is 11.6 Å². The number of fused-ring (bicyclic) bond motifs is 1. The van der Waals surface area contributed by atoms with Crippen molar-refractivity contribution >= 4 is 11.6 Å². The summed E-state index contributed by atoms with van der Waals surface area (Å²) in [6.45, 7) is 0.168. The summed E-state index contributed by atoms with van der Waals surface area (Å²) in [5.74, 6) is 6.32. The number of hydrogen-bond donors (Lipinski definition) is 2. The molecule has 110 valence electrons. The number of ether oxygens (including phenoxy) is 1. The lowest BCUT2D eigenvalue weighted by Crippen LogP contribution is -2.43. The maximum Gasteiger partial charge on any atom is 0.247 e. The van der Waals surface area contributed by atoms with Crippen LogP contribution in [0.15, 0.2) is 18.2 Å². The first-order valence-corrected chi connectivity index (χ1v) is 7.04. The van der Waals surface area contributed by atoms with Crippen molar-refractivity contribution in [3.05, 3.63) is 23.8 Å². The molecule has 21 heavy (non-hydrogen) atoms. The number of carbonyl (C=O) groups excluding carboxylic acids is 1. The Morgan fingerprint density at radius 2 is 2.24 bits per heavy atom. The van der Waals surface area contributed by atoms with Gasteiger partial charge in [-0.15, -0.1) is 0 Å². The highest BCUT2D eigenvalue weighted by atomic mass is 16.5. The van der Waals surface area contributed by atoms with Crippen LogP contribution in [0.1, 0.15) is 24.8 Å². The molecule has 3 rings (SSSR count). The van der Waals surface area contributed by atoms with Gasteiger partial charge in [-0.3, -0.25) is 4.79 Å². The van der Waals surface area contributed by atoms with Gasteiger partial charge in [0.1, 0.15) is 24.0 Å². The van der Waals surface area contributed by atoms with E-state index in [0.717, 1.165) is 24.8 Å². The molecule has 2 aliphatic rings. The lowest BCUT2D eigenvalue weighted by Gasteiger charge is -2.30. The summed E-state index contributed by atoms with van der Waals surface area (Å²) < 4.78 is 5.55. The first kappa shape index (κ1) is 13.9. The van der Waals surface area contributed by atoms with Crippen molar-refractivity contribution in [3.8, 4) is 17.6 Å². The van der Waals surface area contributed by atoms with Gasteiger partial charge < -0.3 is 20.5 Å². The summed E-state index contributed by atoms with van der Waals surface area (Å²) in [5.41, 5.74) is 6.31. The van der Waals surface area contributed by atoms with Crippen molar-refractivity contribution in [1.82, 2.24) is 0 Å². The summed E-state index contributed by atoms with van der Waals surface area (Å²) in [7, 11) is 1.67. The molecule has 0 bridgehead atoms. The first-order chi connectivity index (χ1) is 9.98. The fourth-order valence-corrected chi connectivity index (χ4v) is 2.42. The van der Waals surface area contributed by atoms with Gasteiger partial charge in [0.05, 0.1) is 5.69 Å². The average molecular weight is 286 g/mol. The van der Waals surface area contributed by atoms with E-state index in [1.54, 1.807) is 19.2 Å². The fourth-order valence-electron chi connectivity index (χ4n) is 2.42.